The van der Waals surface area contributed by atoms with E-state index < -0.39 is 0 Å². The van der Waals surface area contributed by atoms with Crippen molar-refractivity contribution in [3.05, 3.63) is 151 Å². The van der Waals surface area contributed by atoms with Crippen molar-refractivity contribution in [3.8, 4) is 40.2 Å². The third-order valence-electron chi connectivity index (χ3n) is 13.0. The van der Waals surface area contributed by atoms with Gasteiger partial charge in [0.25, 0.3) is 0 Å². The van der Waals surface area contributed by atoms with Crippen LogP contribution in [0.1, 0.15) is 71.2 Å². The Morgan fingerprint density at radius 3 is 1.78 bits per heavy atom. The maximum atomic E-state index is 10.4. The molecule has 290 valence electrons. The quantitative estimate of drug-likeness (QED) is 0.169. The lowest BCUT2D eigenvalue weighted by molar-refractivity contribution is 0.177. The Balaban J connectivity index is 1.27. The molecule has 0 amide bonds. The predicted molar refractivity (Wildman–Crippen MR) is 242 cm³/mol. The molecule has 0 unspecified atom stereocenters. The van der Waals surface area contributed by atoms with E-state index >= 15 is 0 Å². The highest BCUT2D eigenvalue weighted by Crippen LogP contribution is 2.45. The van der Waals surface area contributed by atoms with E-state index in [1.54, 1.807) is 0 Å². The van der Waals surface area contributed by atoms with E-state index in [4.69, 9.17) is 15.0 Å². The number of hydrogen-bond donors (Lipinski definition) is 0. The molecule has 1 saturated carbocycles. The van der Waals surface area contributed by atoms with Crippen LogP contribution in [0.25, 0.3) is 77.8 Å². The van der Waals surface area contributed by atoms with Crippen LogP contribution in [0.4, 0.5) is 0 Å². The number of benzene rings is 6. The normalized spacial score (nSPS) is 19.9. The minimum absolute atomic E-state index is 0.252. The van der Waals surface area contributed by atoms with Gasteiger partial charge in [-0.2, -0.15) is 15.2 Å². The van der Waals surface area contributed by atoms with Crippen molar-refractivity contribution in [2.75, 3.05) is 0 Å². The Bertz CT molecular complexity index is 3010. The van der Waals surface area contributed by atoms with E-state index in [1.807, 2.05) is 12.1 Å². The van der Waals surface area contributed by atoms with E-state index in [9.17, 15) is 5.26 Å². The summed E-state index contributed by atoms with van der Waals surface area (Å²) in [5, 5.41) is 15.1. The summed E-state index contributed by atoms with van der Waals surface area (Å²) < 4.78 is 4.55. The molecule has 1 aliphatic carbocycles. The molecule has 3 aromatic heterocycles. The van der Waals surface area contributed by atoms with Gasteiger partial charge >= 0.3 is 0 Å². The van der Waals surface area contributed by atoms with Crippen LogP contribution < -0.4 is 0 Å². The van der Waals surface area contributed by atoms with Crippen LogP contribution in [-0.2, 0) is 5.41 Å². The average molecular weight is 769 g/mol. The van der Waals surface area contributed by atoms with Crippen molar-refractivity contribution in [2.45, 2.75) is 65.2 Å². The molecular weight excluding hydrogens is 721 g/mol. The van der Waals surface area contributed by atoms with Crippen molar-refractivity contribution in [2.24, 2.45) is 17.8 Å². The van der Waals surface area contributed by atoms with Gasteiger partial charge in [-0.1, -0.05) is 119 Å². The van der Waals surface area contributed by atoms with Gasteiger partial charge in [0.1, 0.15) is 5.82 Å². The lowest BCUT2D eigenvalue weighted by atomic mass is 9.66. The van der Waals surface area contributed by atoms with Gasteiger partial charge in [0, 0.05) is 32.5 Å². The van der Waals surface area contributed by atoms with Crippen molar-refractivity contribution >= 4 is 43.6 Å². The zero-order valence-electron chi connectivity index (χ0n) is 34.2. The van der Waals surface area contributed by atoms with Crippen molar-refractivity contribution in [1.82, 2.24) is 24.1 Å². The summed E-state index contributed by atoms with van der Waals surface area (Å²) in [6.07, 6.45) is 5.33. The Kier molecular flexibility index (Phi) is 9.13. The van der Waals surface area contributed by atoms with Gasteiger partial charge in [0.2, 0.25) is 5.95 Å². The van der Waals surface area contributed by atoms with E-state index in [0.29, 0.717) is 35.1 Å². The van der Waals surface area contributed by atoms with E-state index in [1.165, 1.54) is 24.0 Å². The van der Waals surface area contributed by atoms with E-state index in [-0.39, 0.29) is 5.41 Å². The number of para-hydroxylation sites is 3. The van der Waals surface area contributed by atoms with E-state index in [0.717, 1.165) is 79.9 Å². The van der Waals surface area contributed by atoms with Gasteiger partial charge in [0.05, 0.1) is 39.4 Å². The molecule has 6 nitrogen and oxygen atoms in total. The Morgan fingerprint density at radius 2 is 1.15 bits per heavy atom. The third-order valence-corrected chi connectivity index (χ3v) is 13.0. The first-order chi connectivity index (χ1) is 28.8. The van der Waals surface area contributed by atoms with Crippen LogP contribution in [0, 0.1) is 29.1 Å². The predicted octanol–water partition coefficient (Wildman–Crippen LogP) is 13.4. The second-order valence-corrected chi connectivity index (χ2v) is 17.3. The maximum absolute atomic E-state index is 10.4. The van der Waals surface area contributed by atoms with Crippen LogP contribution >= 0.6 is 0 Å². The molecule has 1 fully saturated rings. The highest BCUT2D eigenvalue weighted by atomic mass is 15.2. The first-order valence-corrected chi connectivity index (χ1v) is 21.2. The fraction of sp³-hybridized carbons (Fsp3) is 0.245. The van der Waals surface area contributed by atoms with Gasteiger partial charge in [-0.15, -0.1) is 0 Å². The minimum atomic E-state index is -0.252. The fourth-order valence-electron chi connectivity index (χ4n) is 10.7. The van der Waals surface area contributed by atoms with Crippen LogP contribution in [0.5, 0.6) is 0 Å². The van der Waals surface area contributed by atoms with Crippen LogP contribution in [-0.4, -0.2) is 24.1 Å². The number of hydrogen-bond acceptors (Lipinski definition) is 4. The molecule has 6 heteroatoms. The molecule has 0 aliphatic heterocycles. The van der Waals surface area contributed by atoms with Gasteiger partial charge in [0.15, 0.2) is 5.82 Å². The zero-order chi connectivity index (χ0) is 40.3. The molecule has 0 saturated heterocycles. The molecule has 0 bridgehead atoms. The second kappa shape index (κ2) is 14.7. The number of nitrogens with zero attached hydrogens (tertiary/aromatic N) is 6. The van der Waals surface area contributed by atoms with Gasteiger partial charge < -0.3 is 4.57 Å². The fourth-order valence-corrected chi connectivity index (χ4v) is 10.7. The molecule has 6 aromatic carbocycles. The van der Waals surface area contributed by atoms with Gasteiger partial charge in [-0.05, 0) is 110 Å². The molecule has 0 spiro atoms. The summed E-state index contributed by atoms with van der Waals surface area (Å²) in [7, 11) is 0. The number of aromatic nitrogens is 5. The molecule has 1 aliphatic rings. The molecule has 0 radical (unpaired) electrons. The van der Waals surface area contributed by atoms with Crippen LogP contribution in [0.2, 0.25) is 0 Å². The largest absolute Gasteiger partial charge is 0.308 e. The standard InChI is InChI=1S/C53H48N6/c1-5-53(31-35(3)27-34(2)28-36(4)32-53)51-55-50(56-52(57-51)59-46-21-13-9-17-40(46)41-18-10-14-22-47(41)59)44-29-37(33-54)23-25-49(44)58-45-20-12-11-19-42(45)43-30-39(24-26-48(43)58)38-15-7-6-8-16-38/h6-26,29-30,34-36H,5,27-28,31-32H2,1-4H3/t34?,35-,36-,53?/m1/s1. The van der Waals surface area contributed by atoms with Crippen LogP contribution in [0.15, 0.2) is 140 Å². The lowest BCUT2D eigenvalue weighted by Gasteiger charge is -2.39. The minimum Gasteiger partial charge on any atom is -0.308 e. The lowest BCUT2D eigenvalue weighted by Crippen LogP contribution is -2.35. The summed E-state index contributed by atoms with van der Waals surface area (Å²) in [4.78, 5) is 16.6. The number of nitriles is 1. The van der Waals surface area contributed by atoms with Gasteiger partial charge in [-0.3, -0.25) is 4.57 Å². The van der Waals surface area contributed by atoms with Crippen LogP contribution in [0.3, 0.4) is 0 Å². The Labute approximate surface area is 345 Å². The summed E-state index contributed by atoms with van der Waals surface area (Å²) >= 11 is 0. The molecule has 3 heterocycles. The van der Waals surface area contributed by atoms with E-state index in [2.05, 4.69) is 170 Å². The smallest absolute Gasteiger partial charge is 0.238 e. The number of rotatable bonds is 6. The SMILES string of the molecule is CCC1(c2nc(-c3cc(C#N)ccc3-n3c4ccccc4c4cc(-c5ccccc5)ccc43)nc(-n3c4ccccc4c4ccccc43)n2)C[C@H](C)CC(C)C[C@@H](C)C1. The summed E-state index contributed by atoms with van der Waals surface area (Å²) in [5.74, 6) is 3.75. The molecule has 10 rings (SSSR count). The van der Waals surface area contributed by atoms with Crippen molar-refractivity contribution < 1.29 is 0 Å². The second-order valence-electron chi connectivity index (χ2n) is 17.3. The third kappa shape index (κ3) is 6.28. The topological polar surface area (TPSA) is 72.3 Å². The maximum Gasteiger partial charge on any atom is 0.238 e. The van der Waals surface area contributed by atoms with Crippen molar-refractivity contribution in [3.63, 3.8) is 0 Å². The average Bonchev–Trinajstić information content (AvgIpc) is 3.78. The zero-order valence-corrected chi connectivity index (χ0v) is 34.2. The summed E-state index contributed by atoms with van der Waals surface area (Å²) in [6.45, 7) is 9.55. The van der Waals surface area contributed by atoms with Gasteiger partial charge in [-0.25, -0.2) is 4.98 Å². The summed E-state index contributed by atoms with van der Waals surface area (Å²) in [5.41, 5.74) is 8.65. The monoisotopic (exact) mass is 768 g/mol. The highest BCUT2D eigenvalue weighted by molar-refractivity contribution is 6.11. The first kappa shape index (κ1) is 36.7. The molecule has 9 aromatic rings. The molecule has 0 N–H and O–H groups in total. The Morgan fingerprint density at radius 1 is 0.576 bits per heavy atom. The number of fused-ring (bicyclic) bond motifs is 6. The molecule has 59 heavy (non-hydrogen) atoms. The first-order valence-electron chi connectivity index (χ1n) is 21.2. The highest BCUT2D eigenvalue weighted by Gasteiger charge is 2.40. The van der Waals surface area contributed by atoms with Crippen molar-refractivity contribution in [1.29, 1.82) is 5.26 Å². The summed E-state index contributed by atoms with van der Waals surface area (Å²) in [6, 6.07) is 51.4. The molecular formula is C53H48N6. The Hall–Kier alpha value is -6.58. The molecule has 2 atom stereocenters.